The molecule has 0 aliphatic heterocycles. The van der Waals surface area contributed by atoms with Crippen molar-refractivity contribution < 1.29 is 0 Å². The second-order valence-corrected chi connectivity index (χ2v) is 3.79. The number of aryl methyl sites for hydroxylation is 1. The van der Waals surface area contributed by atoms with Crippen LogP contribution < -0.4 is 5.32 Å². The number of hydrogen-bond acceptors (Lipinski definition) is 4. The maximum atomic E-state index is 4.19. The van der Waals surface area contributed by atoms with Crippen LogP contribution in [0.2, 0.25) is 0 Å². The Morgan fingerprint density at radius 2 is 2.29 bits per heavy atom. The Hall–Kier alpha value is -2.37. The van der Waals surface area contributed by atoms with Gasteiger partial charge in [-0.05, 0) is 12.1 Å². The highest BCUT2D eigenvalue weighted by molar-refractivity contribution is 5.81. The van der Waals surface area contributed by atoms with Gasteiger partial charge in [-0.15, -0.1) is 0 Å². The van der Waals surface area contributed by atoms with E-state index in [2.05, 4.69) is 35.9 Å². The molecule has 0 radical (unpaired) electrons. The number of hydrogen-bond donors (Lipinski definition) is 2. The van der Waals surface area contributed by atoms with Gasteiger partial charge in [0.2, 0.25) is 0 Å². The van der Waals surface area contributed by atoms with Gasteiger partial charge in [-0.25, -0.2) is 15.0 Å². The van der Waals surface area contributed by atoms with Crippen LogP contribution in [0.5, 0.6) is 0 Å². The summed E-state index contributed by atoms with van der Waals surface area (Å²) in [6.07, 6.45) is 5.15. The van der Waals surface area contributed by atoms with Crippen LogP contribution >= 0.6 is 0 Å². The van der Waals surface area contributed by atoms with Crippen molar-refractivity contribution in [2.75, 3.05) is 5.32 Å². The summed E-state index contributed by atoms with van der Waals surface area (Å²) in [5, 5.41) is 3.26. The number of rotatable bonds is 3. The highest BCUT2D eigenvalue weighted by Gasteiger charge is 2.05. The third-order valence-electron chi connectivity index (χ3n) is 2.71. The standard InChI is InChI=1S/C11H12N6/c1-17-4-2-3-8(17)5-12-10-9-11(14-6-13-9)16-7-15-10/h2-4,6-7H,5H2,1H3,(H2,12,13,14,15,16). The Morgan fingerprint density at radius 1 is 1.35 bits per heavy atom. The van der Waals surface area contributed by atoms with Crippen LogP contribution in [0.1, 0.15) is 5.69 Å². The van der Waals surface area contributed by atoms with Crippen molar-refractivity contribution in [3.8, 4) is 0 Å². The van der Waals surface area contributed by atoms with E-state index in [1.807, 2.05) is 19.3 Å². The summed E-state index contributed by atoms with van der Waals surface area (Å²) in [5.41, 5.74) is 2.70. The summed E-state index contributed by atoms with van der Waals surface area (Å²) in [5.74, 6) is 0.748. The minimum Gasteiger partial charge on any atom is -0.363 e. The first-order valence-electron chi connectivity index (χ1n) is 5.33. The molecule has 0 atom stereocenters. The maximum Gasteiger partial charge on any atom is 0.162 e. The van der Waals surface area contributed by atoms with Gasteiger partial charge in [-0.2, -0.15) is 0 Å². The van der Waals surface area contributed by atoms with E-state index in [9.17, 15) is 0 Å². The first-order valence-corrected chi connectivity index (χ1v) is 5.33. The van der Waals surface area contributed by atoms with E-state index < -0.39 is 0 Å². The van der Waals surface area contributed by atoms with Crippen LogP contribution in [0.15, 0.2) is 31.0 Å². The van der Waals surface area contributed by atoms with E-state index in [0.717, 1.165) is 17.0 Å². The number of aromatic nitrogens is 5. The fourth-order valence-electron chi connectivity index (χ4n) is 1.75. The molecule has 0 aliphatic rings. The van der Waals surface area contributed by atoms with E-state index in [-0.39, 0.29) is 0 Å². The largest absolute Gasteiger partial charge is 0.363 e. The average Bonchev–Trinajstić information content (AvgIpc) is 2.95. The molecular weight excluding hydrogens is 216 g/mol. The summed E-state index contributed by atoms with van der Waals surface area (Å²) in [6, 6.07) is 4.08. The smallest absolute Gasteiger partial charge is 0.162 e. The Kier molecular flexibility index (Phi) is 2.25. The number of imidazole rings is 1. The Balaban J connectivity index is 1.86. The minimum atomic E-state index is 0.711. The monoisotopic (exact) mass is 228 g/mol. The molecule has 3 aromatic heterocycles. The second-order valence-electron chi connectivity index (χ2n) is 3.79. The molecule has 0 fully saturated rings. The summed E-state index contributed by atoms with van der Waals surface area (Å²) >= 11 is 0. The number of fused-ring (bicyclic) bond motifs is 1. The number of nitrogens with one attached hydrogen (secondary N) is 2. The SMILES string of the molecule is Cn1cccc1CNc1ncnc2[nH]cnc12. The third-order valence-corrected chi connectivity index (χ3v) is 2.71. The van der Waals surface area contributed by atoms with E-state index in [0.29, 0.717) is 6.54 Å². The first kappa shape index (κ1) is 9.83. The molecule has 6 heteroatoms. The zero-order chi connectivity index (χ0) is 11.7. The number of H-pyrrole nitrogens is 1. The molecule has 0 aromatic carbocycles. The van der Waals surface area contributed by atoms with Gasteiger partial charge in [0.1, 0.15) is 11.8 Å². The molecule has 86 valence electrons. The van der Waals surface area contributed by atoms with Crippen LogP contribution in [0, 0.1) is 0 Å². The third kappa shape index (κ3) is 1.73. The molecule has 0 bridgehead atoms. The molecular formula is C11H12N6. The van der Waals surface area contributed by atoms with Crippen LogP contribution in [-0.4, -0.2) is 24.5 Å². The normalized spacial score (nSPS) is 10.9. The maximum absolute atomic E-state index is 4.19. The lowest BCUT2D eigenvalue weighted by Gasteiger charge is -2.06. The molecule has 3 aromatic rings. The molecule has 3 rings (SSSR count). The van der Waals surface area contributed by atoms with E-state index >= 15 is 0 Å². The molecule has 0 aliphatic carbocycles. The predicted octanol–water partition coefficient (Wildman–Crippen LogP) is 1.30. The van der Waals surface area contributed by atoms with E-state index in [1.54, 1.807) is 6.33 Å². The molecule has 0 spiro atoms. The number of anilines is 1. The molecule has 6 nitrogen and oxygen atoms in total. The van der Waals surface area contributed by atoms with Gasteiger partial charge < -0.3 is 14.9 Å². The zero-order valence-corrected chi connectivity index (χ0v) is 9.38. The summed E-state index contributed by atoms with van der Waals surface area (Å²) in [7, 11) is 2.02. The molecule has 0 unspecified atom stereocenters. The summed E-state index contributed by atoms with van der Waals surface area (Å²) < 4.78 is 2.07. The van der Waals surface area contributed by atoms with Crippen LogP contribution in [-0.2, 0) is 13.6 Å². The van der Waals surface area contributed by atoms with Crippen molar-refractivity contribution in [2.24, 2.45) is 7.05 Å². The van der Waals surface area contributed by atoms with Crippen molar-refractivity contribution >= 4 is 17.0 Å². The molecule has 17 heavy (non-hydrogen) atoms. The Bertz CT molecular complexity index is 638. The summed E-state index contributed by atoms with van der Waals surface area (Å²) in [4.78, 5) is 15.4. The van der Waals surface area contributed by atoms with Gasteiger partial charge in [0.25, 0.3) is 0 Å². The van der Waals surface area contributed by atoms with Gasteiger partial charge in [-0.1, -0.05) is 0 Å². The lowest BCUT2D eigenvalue weighted by Crippen LogP contribution is -2.05. The molecule has 0 saturated carbocycles. The highest BCUT2D eigenvalue weighted by Crippen LogP contribution is 2.15. The van der Waals surface area contributed by atoms with Crippen molar-refractivity contribution in [2.45, 2.75) is 6.54 Å². The van der Waals surface area contributed by atoms with E-state index in [1.165, 1.54) is 12.0 Å². The highest BCUT2D eigenvalue weighted by atomic mass is 15.1. The quantitative estimate of drug-likeness (QED) is 0.709. The van der Waals surface area contributed by atoms with Crippen molar-refractivity contribution in [3.63, 3.8) is 0 Å². The van der Waals surface area contributed by atoms with Gasteiger partial charge in [0.15, 0.2) is 11.5 Å². The average molecular weight is 228 g/mol. The van der Waals surface area contributed by atoms with E-state index in [4.69, 9.17) is 0 Å². The van der Waals surface area contributed by atoms with Crippen molar-refractivity contribution in [1.29, 1.82) is 0 Å². The Labute approximate surface area is 97.7 Å². The fourth-order valence-corrected chi connectivity index (χ4v) is 1.75. The van der Waals surface area contributed by atoms with Crippen LogP contribution in [0.4, 0.5) is 5.82 Å². The van der Waals surface area contributed by atoms with Gasteiger partial charge in [0, 0.05) is 18.9 Å². The lowest BCUT2D eigenvalue weighted by atomic mass is 10.4. The lowest BCUT2D eigenvalue weighted by molar-refractivity contribution is 0.840. The topological polar surface area (TPSA) is 71.4 Å². The molecule has 2 N–H and O–H groups in total. The Morgan fingerprint density at radius 3 is 3.12 bits per heavy atom. The van der Waals surface area contributed by atoms with Gasteiger partial charge >= 0.3 is 0 Å². The molecule has 0 saturated heterocycles. The predicted molar refractivity (Wildman–Crippen MR) is 64.4 cm³/mol. The number of nitrogens with zero attached hydrogens (tertiary/aromatic N) is 4. The second kappa shape index (κ2) is 3.89. The fraction of sp³-hybridized carbons (Fsp3) is 0.182. The van der Waals surface area contributed by atoms with Gasteiger partial charge in [-0.3, -0.25) is 0 Å². The van der Waals surface area contributed by atoms with Gasteiger partial charge in [0.05, 0.1) is 12.9 Å². The van der Waals surface area contributed by atoms with Crippen molar-refractivity contribution in [1.82, 2.24) is 24.5 Å². The minimum absolute atomic E-state index is 0.711. The zero-order valence-electron chi connectivity index (χ0n) is 9.38. The van der Waals surface area contributed by atoms with Crippen molar-refractivity contribution in [3.05, 3.63) is 36.7 Å². The van der Waals surface area contributed by atoms with Crippen LogP contribution in [0.25, 0.3) is 11.2 Å². The summed E-state index contributed by atoms with van der Waals surface area (Å²) in [6.45, 7) is 0.711. The number of aromatic amines is 1. The van der Waals surface area contributed by atoms with Crippen LogP contribution in [0.3, 0.4) is 0 Å². The molecule has 3 heterocycles. The molecule has 0 amide bonds. The first-order chi connectivity index (χ1) is 8.34.